The fourth-order valence-corrected chi connectivity index (χ4v) is 2.39. The molecule has 0 saturated carbocycles. The van der Waals surface area contributed by atoms with Crippen LogP contribution in [-0.4, -0.2) is 47.8 Å². The minimum absolute atomic E-state index is 0.0212. The van der Waals surface area contributed by atoms with E-state index in [4.69, 9.17) is 4.74 Å². The molecule has 18 heavy (non-hydrogen) atoms. The van der Waals surface area contributed by atoms with Crippen LogP contribution in [0.1, 0.15) is 35.9 Å². The summed E-state index contributed by atoms with van der Waals surface area (Å²) in [6, 6.07) is 1.78. The Morgan fingerprint density at radius 1 is 1.56 bits per heavy atom. The van der Waals surface area contributed by atoms with Crippen molar-refractivity contribution in [3.8, 4) is 0 Å². The van der Waals surface area contributed by atoms with Gasteiger partial charge in [0.25, 0.3) is 5.91 Å². The predicted molar refractivity (Wildman–Crippen MR) is 68.4 cm³/mol. The highest BCUT2D eigenvalue weighted by Gasteiger charge is 2.30. The number of aromatic nitrogens is 2. The number of H-pyrrole nitrogens is 1. The van der Waals surface area contributed by atoms with Gasteiger partial charge in [0, 0.05) is 32.5 Å². The Kier molecular flexibility index (Phi) is 3.71. The molecular weight excluding hydrogens is 230 g/mol. The molecule has 1 aromatic rings. The van der Waals surface area contributed by atoms with Crippen LogP contribution in [0.15, 0.2) is 6.07 Å². The largest absolute Gasteiger partial charge is 0.381 e. The summed E-state index contributed by atoms with van der Waals surface area (Å²) in [4.78, 5) is 14.0. The number of carbonyl (C=O) groups is 1. The van der Waals surface area contributed by atoms with Gasteiger partial charge in [0.15, 0.2) is 0 Å². The molecule has 1 fully saturated rings. The zero-order valence-corrected chi connectivity index (χ0v) is 11.3. The third-order valence-electron chi connectivity index (χ3n) is 3.59. The molecular formula is C13H21N3O2. The summed E-state index contributed by atoms with van der Waals surface area (Å²) in [5.74, 6) is -0.0212. The lowest BCUT2D eigenvalue weighted by molar-refractivity contribution is 0.00906. The molecule has 2 rings (SSSR count). The van der Waals surface area contributed by atoms with Crippen molar-refractivity contribution < 1.29 is 9.53 Å². The number of hydrogen-bond donors (Lipinski definition) is 1. The lowest BCUT2D eigenvalue weighted by Crippen LogP contribution is -2.40. The molecule has 1 saturated heterocycles. The molecule has 1 N–H and O–H groups in total. The zero-order valence-electron chi connectivity index (χ0n) is 11.3. The number of carbonyl (C=O) groups excluding carboxylic acids is 1. The van der Waals surface area contributed by atoms with Crippen molar-refractivity contribution >= 4 is 5.91 Å². The van der Waals surface area contributed by atoms with Crippen molar-refractivity contribution in [1.82, 2.24) is 15.1 Å². The van der Waals surface area contributed by atoms with Crippen LogP contribution >= 0.6 is 0 Å². The van der Waals surface area contributed by atoms with Crippen LogP contribution in [0.25, 0.3) is 0 Å². The summed E-state index contributed by atoms with van der Waals surface area (Å²) in [5.41, 5.74) is 1.56. The van der Waals surface area contributed by atoms with Crippen LogP contribution in [-0.2, 0) is 4.74 Å². The molecule has 1 aromatic heterocycles. The van der Waals surface area contributed by atoms with Crippen LogP contribution in [0.2, 0.25) is 0 Å². The number of ether oxygens (including phenoxy) is 1. The van der Waals surface area contributed by atoms with Gasteiger partial charge >= 0.3 is 0 Å². The van der Waals surface area contributed by atoms with E-state index in [9.17, 15) is 4.79 Å². The minimum Gasteiger partial charge on any atom is -0.381 e. The minimum atomic E-state index is -0.0212. The molecule has 0 radical (unpaired) electrons. The standard InChI is InChI=1S/C13H21N3O2/c1-10-8-11(15-14-10)12(17)16(3)9-13(2)4-6-18-7-5-13/h8H,4-7,9H2,1-3H3,(H,14,15). The lowest BCUT2D eigenvalue weighted by atomic mass is 9.82. The molecule has 0 aromatic carbocycles. The smallest absolute Gasteiger partial charge is 0.274 e. The van der Waals surface area contributed by atoms with Crippen LogP contribution in [0.5, 0.6) is 0 Å². The summed E-state index contributed by atoms with van der Waals surface area (Å²) in [6.45, 7) is 6.44. The van der Waals surface area contributed by atoms with Crippen LogP contribution in [0.4, 0.5) is 0 Å². The number of rotatable bonds is 3. The maximum atomic E-state index is 12.2. The summed E-state index contributed by atoms with van der Waals surface area (Å²) in [6.07, 6.45) is 2.01. The highest BCUT2D eigenvalue weighted by Crippen LogP contribution is 2.30. The summed E-state index contributed by atoms with van der Waals surface area (Å²) in [5, 5.41) is 6.81. The quantitative estimate of drug-likeness (QED) is 0.887. The van der Waals surface area contributed by atoms with Gasteiger partial charge in [-0.15, -0.1) is 0 Å². The molecule has 100 valence electrons. The molecule has 1 amide bonds. The zero-order chi connectivity index (χ0) is 13.2. The number of hydrogen-bond acceptors (Lipinski definition) is 3. The molecule has 0 aliphatic carbocycles. The Labute approximate surface area is 108 Å². The molecule has 0 unspecified atom stereocenters. The van der Waals surface area contributed by atoms with Crippen LogP contribution in [0.3, 0.4) is 0 Å². The van der Waals surface area contributed by atoms with E-state index in [1.807, 2.05) is 14.0 Å². The Balaban J connectivity index is 1.98. The topological polar surface area (TPSA) is 58.2 Å². The molecule has 1 aliphatic heterocycles. The van der Waals surface area contributed by atoms with Gasteiger partial charge in [-0.2, -0.15) is 5.10 Å². The maximum absolute atomic E-state index is 12.2. The van der Waals surface area contributed by atoms with Gasteiger partial charge in [-0.1, -0.05) is 6.92 Å². The van der Waals surface area contributed by atoms with E-state index >= 15 is 0 Å². The Morgan fingerprint density at radius 2 is 2.22 bits per heavy atom. The molecule has 0 spiro atoms. The first-order chi connectivity index (χ1) is 8.50. The van der Waals surface area contributed by atoms with Crippen molar-refractivity contribution in [2.24, 2.45) is 5.41 Å². The molecule has 0 atom stereocenters. The van der Waals surface area contributed by atoms with Gasteiger partial charge < -0.3 is 9.64 Å². The lowest BCUT2D eigenvalue weighted by Gasteiger charge is -2.36. The van der Waals surface area contributed by atoms with Gasteiger partial charge in [0.1, 0.15) is 5.69 Å². The van der Waals surface area contributed by atoms with E-state index in [1.54, 1.807) is 11.0 Å². The fourth-order valence-electron chi connectivity index (χ4n) is 2.39. The van der Waals surface area contributed by atoms with Gasteiger partial charge in [0.05, 0.1) is 0 Å². The van der Waals surface area contributed by atoms with Crippen molar-refractivity contribution in [1.29, 1.82) is 0 Å². The second-order valence-electron chi connectivity index (χ2n) is 5.52. The van der Waals surface area contributed by atoms with E-state index in [-0.39, 0.29) is 11.3 Å². The van der Waals surface area contributed by atoms with Gasteiger partial charge in [-0.3, -0.25) is 9.89 Å². The summed E-state index contributed by atoms with van der Waals surface area (Å²) >= 11 is 0. The highest BCUT2D eigenvalue weighted by atomic mass is 16.5. The molecule has 1 aliphatic rings. The monoisotopic (exact) mass is 251 g/mol. The van der Waals surface area contributed by atoms with Crippen molar-refractivity contribution in [2.75, 3.05) is 26.8 Å². The SMILES string of the molecule is Cc1cc(C(=O)N(C)CC2(C)CCOCC2)n[nH]1. The van der Waals surface area contributed by atoms with E-state index in [2.05, 4.69) is 17.1 Å². The first-order valence-electron chi connectivity index (χ1n) is 6.35. The third kappa shape index (κ3) is 2.90. The Hall–Kier alpha value is -1.36. The van der Waals surface area contributed by atoms with E-state index < -0.39 is 0 Å². The molecule has 0 bridgehead atoms. The van der Waals surface area contributed by atoms with Gasteiger partial charge in [0.2, 0.25) is 0 Å². The summed E-state index contributed by atoms with van der Waals surface area (Å²) in [7, 11) is 1.84. The predicted octanol–water partition coefficient (Wildman–Crippen LogP) is 1.61. The third-order valence-corrected chi connectivity index (χ3v) is 3.59. The second kappa shape index (κ2) is 5.10. The number of nitrogens with zero attached hydrogens (tertiary/aromatic N) is 2. The van der Waals surface area contributed by atoms with Gasteiger partial charge in [-0.05, 0) is 31.2 Å². The van der Waals surface area contributed by atoms with Crippen LogP contribution < -0.4 is 0 Å². The number of aromatic amines is 1. The van der Waals surface area contributed by atoms with E-state index in [0.717, 1.165) is 38.3 Å². The first-order valence-corrected chi connectivity index (χ1v) is 6.35. The molecule has 5 nitrogen and oxygen atoms in total. The normalized spacial score (nSPS) is 18.6. The molecule has 5 heteroatoms. The van der Waals surface area contributed by atoms with Crippen molar-refractivity contribution in [3.05, 3.63) is 17.5 Å². The van der Waals surface area contributed by atoms with E-state index in [1.165, 1.54) is 0 Å². The fraction of sp³-hybridized carbons (Fsp3) is 0.692. The average molecular weight is 251 g/mol. The number of nitrogens with one attached hydrogen (secondary N) is 1. The second-order valence-corrected chi connectivity index (χ2v) is 5.52. The Bertz CT molecular complexity index is 422. The Morgan fingerprint density at radius 3 is 2.78 bits per heavy atom. The number of amides is 1. The summed E-state index contributed by atoms with van der Waals surface area (Å²) < 4.78 is 5.37. The van der Waals surface area contributed by atoms with Crippen LogP contribution in [0, 0.1) is 12.3 Å². The maximum Gasteiger partial charge on any atom is 0.274 e. The van der Waals surface area contributed by atoms with Crippen molar-refractivity contribution in [2.45, 2.75) is 26.7 Å². The van der Waals surface area contributed by atoms with E-state index in [0.29, 0.717) is 5.69 Å². The van der Waals surface area contributed by atoms with Crippen molar-refractivity contribution in [3.63, 3.8) is 0 Å². The highest BCUT2D eigenvalue weighted by molar-refractivity contribution is 5.92. The van der Waals surface area contributed by atoms with Gasteiger partial charge in [-0.25, -0.2) is 0 Å². The average Bonchev–Trinajstić information content (AvgIpc) is 2.75. The molecule has 2 heterocycles. The number of aryl methyl sites for hydroxylation is 1. The first kappa shape index (κ1) is 13.1.